The summed E-state index contributed by atoms with van der Waals surface area (Å²) in [6.07, 6.45) is 0. The third-order valence-corrected chi connectivity index (χ3v) is 3.16. The molecule has 0 radical (unpaired) electrons. The second kappa shape index (κ2) is 7.33. The van der Waals surface area contributed by atoms with Crippen LogP contribution in [0.2, 0.25) is 0 Å². The Hall–Kier alpha value is -2.49. The third-order valence-electron chi connectivity index (χ3n) is 3.16. The number of benzene rings is 2. The van der Waals surface area contributed by atoms with Crippen LogP contribution in [0.4, 0.5) is 5.69 Å². The number of ether oxygens (including phenoxy) is 1. The van der Waals surface area contributed by atoms with Gasteiger partial charge < -0.3 is 15.4 Å². The van der Waals surface area contributed by atoms with Crippen LogP contribution >= 0.6 is 0 Å². The summed E-state index contributed by atoms with van der Waals surface area (Å²) < 4.78 is 5.53. The van der Waals surface area contributed by atoms with E-state index in [-0.39, 0.29) is 5.91 Å². The van der Waals surface area contributed by atoms with Gasteiger partial charge in [0.2, 0.25) is 0 Å². The summed E-state index contributed by atoms with van der Waals surface area (Å²) in [7, 11) is 1.86. The minimum absolute atomic E-state index is 0.0770. The zero-order valence-electron chi connectivity index (χ0n) is 12.3. The highest BCUT2D eigenvalue weighted by molar-refractivity contribution is 5.96. The maximum absolute atomic E-state index is 12.1. The minimum atomic E-state index is -0.0770. The van der Waals surface area contributed by atoms with Crippen LogP contribution in [0.1, 0.15) is 15.9 Å². The van der Waals surface area contributed by atoms with E-state index in [4.69, 9.17) is 4.74 Å². The van der Waals surface area contributed by atoms with Gasteiger partial charge in [-0.05, 0) is 42.8 Å². The van der Waals surface area contributed by atoms with Crippen LogP contribution in [0.25, 0.3) is 0 Å². The Morgan fingerprint density at radius 2 is 1.90 bits per heavy atom. The number of aryl methyl sites for hydroxylation is 1. The molecule has 0 saturated heterocycles. The van der Waals surface area contributed by atoms with Crippen LogP contribution in [-0.2, 0) is 0 Å². The van der Waals surface area contributed by atoms with Gasteiger partial charge in [-0.25, -0.2) is 0 Å². The average molecular weight is 284 g/mol. The highest BCUT2D eigenvalue weighted by atomic mass is 16.5. The van der Waals surface area contributed by atoms with E-state index >= 15 is 0 Å². The summed E-state index contributed by atoms with van der Waals surface area (Å²) >= 11 is 0. The Morgan fingerprint density at radius 3 is 2.57 bits per heavy atom. The van der Waals surface area contributed by atoms with Crippen molar-refractivity contribution in [2.24, 2.45) is 0 Å². The lowest BCUT2D eigenvalue weighted by molar-refractivity contribution is 0.0946. The van der Waals surface area contributed by atoms with Crippen LogP contribution in [0.5, 0.6) is 5.75 Å². The Balaban J connectivity index is 1.82. The Kier molecular flexibility index (Phi) is 5.21. The molecule has 110 valence electrons. The number of carbonyl (C=O) groups excluding carboxylic acids is 1. The first kappa shape index (κ1) is 14.9. The molecule has 0 heterocycles. The van der Waals surface area contributed by atoms with Crippen LogP contribution in [0.15, 0.2) is 48.5 Å². The molecule has 2 N–H and O–H groups in total. The summed E-state index contributed by atoms with van der Waals surface area (Å²) in [4.78, 5) is 12.1. The molecule has 0 saturated carbocycles. The van der Waals surface area contributed by atoms with Crippen molar-refractivity contribution in [3.05, 3.63) is 59.7 Å². The number of rotatable bonds is 6. The number of hydrogen-bond donors (Lipinski definition) is 2. The monoisotopic (exact) mass is 284 g/mol. The first-order valence-electron chi connectivity index (χ1n) is 6.95. The SMILES string of the molecule is CNc1ccc(C(=O)NCCOc2ccccc2)c(C)c1. The molecule has 0 aromatic heterocycles. The van der Waals surface area contributed by atoms with Crippen molar-refractivity contribution in [1.82, 2.24) is 5.32 Å². The van der Waals surface area contributed by atoms with Crippen molar-refractivity contribution in [1.29, 1.82) is 0 Å². The topological polar surface area (TPSA) is 50.4 Å². The normalized spacial score (nSPS) is 10.0. The summed E-state index contributed by atoms with van der Waals surface area (Å²) in [5.74, 6) is 0.730. The summed E-state index contributed by atoms with van der Waals surface area (Å²) in [5, 5.41) is 5.92. The fourth-order valence-electron chi connectivity index (χ4n) is 2.02. The smallest absolute Gasteiger partial charge is 0.251 e. The highest BCUT2D eigenvalue weighted by Gasteiger charge is 2.08. The molecule has 0 aliphatic rings. The lowest BCUT2D eigenvalue weighted by Crippen LogP contribution is -2.28. The predicted molar refractivity (Wildman–Crippen MR) is 85.0 cm³/mol. The molecule has 0 atom stereocenters. The molecule has 4 nitrogen and oxygen atoms in total. The molecule has 2 aromatic rings. The molecule has 4 heteroatoms. The van der Waals surface area contributed by atoms with Crippen molar-refractivity contribution in [2.75, 3.05) is 25.5 Å². The summed E-state index contributed by atoms with van der Waals surface area (Å²) in [5.41, 5.74) is 2.63. The van der Waals surface area contributed by atoms with Gasteiger partial charge >= 0.3 is 0 Å². The first-order chi connectivity index (χ1) is 10.2. The van der Waals surface area contributed by atoms with E-state index in [0.29, 0.717) is 18.7 Å². The minimum Gasteiger partial charge on any atom is -0.492 e. The fraction of sp³-hybridized carbons (Fsp3) is 0.235. The van der Waals surface area contributed by atoms with Gasteiger partial charge in [-0.2, -0.15) is 0 Å². The molecule has 0 aliphatic heterocycles. The van der Waals surface area contributed by atoms with Gasteiger partial charge in [-0.3, -0.25) is 4.79 Å². The van der Waals surface area contributed by atoms with Crippen molar-refractivity contribution in [3.63, 3.8) is 0 Å². The van der Waals surface area contributed by atoms with Crippen LogP contribution < -0.4 is 15.4 Å². The van der Waals surface area contributed by atoms with E-state index in [1.165, 1.54) is 0 Å². The molecule has 2 aromatic carbocycles. The molecule has 0 aliphatic carbocycles. The van der Waals surface area contributed by atoms with Gasteiger partial charge in [-0.1, -0.05) is 18.2 Å². The van der Waals surface area contributed by atoms with E-state index in [1.54, 1.807) is 0 Å². The number of carbonyl (C=O) groups is 1. The zero-order chi connectivity index (χ0) is 15.1. The van der Waals surface area contributed by atoms with E-state index < -0.39 is 0 Å². The van der Waals surface area contributed by atoms with Crippen molar-refractivity contribution >= 4 is 11.6 Å². The highest BCUT2D eigenvalue weighted by Crippen LogP contribution is 2.14. The van der Waals surface area contributed by atoms with E-state index in [2.05, 4.69) is 10.6 Å². The number of para-hydroxylation sites is 1. The zero-order valence-corrected chi connectivity index (χ0v) is 12.3. The largest absolute Gasteiger partial charge is 0.492 e. The number of hydrogen-bond acceptors (Lipinski definition) is 3. The van der Waals surface area contributed by atoms with Crippen LogP contribution in [-0.4, -0.2) is 26.1 Å². The van der Waals surface area contributed by atoms with Crippen molar-refractivity contribution in [3.8, 4) is 5.75 Å². The van der Waals surface area contributed by atoms with Gasteiger partial charge in [0.05, 0.1) is 6.54 Å². The van der Waals surface area contributed by atoms with Gasteiger partial charge in [0, 0.05) is 18.3 Å². The summed E-state index contributed by atoms with van der Waals surface area (Å²) in [6.45, 7) is 2.85. The van der Waals surface area contributed by atoms with E-state index in [9.17, 15) is 4.79 Å². The lowest BCUT2D eigenvalue weighted by Gasteiger charge is -2.10. The van der Waals surface area contributed by atoms with Crippen LogP contribution in [0, 0.1) is 6.92 Å². The molecule has 1 amide bonds. The third kappa shape index (κ3) is 4.24. The standard InChI is InChI=1S/C17H20N2O2/c1-13-12-14(18-2)8-9-16(13)17(20)19-10-11-21-15-6-4-3-5-7-15/h3-9,12,18H,10-11H2,1-2H3,(H,19,20). The van der Waals surface area contributed by atoms with Gasteiger partial charge in [0.25, 0.3) is 5.91 Å². The molecule has 0 fully saturated rings. The summed E-state index contributed by atoms with van der Waals surface area (Å²) in [6, 6.07) is 15.2. The van der Waals surface area contributed by atoms with Crippen molar-refractivity contribution < 1.29 is 9.53 Å². The predicted octanol–water partition coefficient (Wildman–Crippen LogP) is 2.85. The maximum atomic E-state index is 12.1. The van der Waals surface area contributed by atoms with E-state index in [1.807, 2.05) is 62.5 Å². The molecule has 2 rings (SSSR count). The molecule has 0 spiro atoms. The van der Waals surface area contributed by atoms with Crippen LogP contribution in [0.3, 0.4) is 0 Å². The lowest BCUT2D eigenvalue weighted by atomic mass is 10.1. The second-order valence-electron chi connectivity index (χ2n) is 4.70. The second-order valence-corrected chi connectivity index (χ2v) is 4.70. The van der Waals surface area contributed by atoms with E-state index in [0.717, 1.165) is 17.0 Å². The molecular weight excluding hydrogens is 264 g/mol. The maximum Gasteiger partial charge on any atom is 0.251 e. The first-order valence-corrected chi connectivity index (χ1v) is 6.95. The number of nitrogens with one attached hydrogen (secondary N) is 2. The fourth-order valence-corrected chi connectivity index (χ4v) is 2.02. The van der Waals surface area contributed by atoms with Gasteiger partial charge in [-0.15, -0.1) is 0 Å². The molecule has 0 unspecified atom stereocenters. The molecular formula is C17H20N2O2. The van der Waals surface area contributed by atoms with Gasteiger partial charge in [0.1, 0.15) is 12.4 Å². The molecule has 21 heavy (non-hydrogen) atoms. The van der Waals surface area contributed by atoms with Crippen molar-refractivity contribution in [2.45, 2.75) is 6.92 Å². The average Bonchev–Trinajstić information content (AvgIpc) is 2.52. The Labute approximate surface area is 125 Å². The quantitative estimate of drug-likeness (QED) is 0.802. The number of amides is 1. The van der Waals surface area contributed by atoms with Gasteiger partial charge in [0.15, 0.2) is 0 Å². The molecule has 0 bridgehead atoms. The Bertz CT molecular complexity index is 597. The number of anilines is 1. The Morgan fingerprint density at radius 1 is 1.14 bits per heavy atom.